The van der Waals surface area contributed by atoms with Crippen molar-refractivity contribution in [2.24, 2.45) is 16.8 Å². The van der Waals surface area contributed by atoms with Gasteiger partial charge in [-0.2, -0.15) is 0 Å². The molecule has 27 heavy (non-hydrogen) atoms. The van der Waals surface area contributed by atoms with E-state index in [0.29, 0.717) is 25.0 Å². The van der Waals surface area contributed by atoms with Crippen molar-refractivity contribution in [1.29, 1.82) is 0 Å². The second kappa shape index (κ2) is 15.3. The van der Waals surface area contributed by atoms with Gasteiger partial charge < -0.3 is 20.7 Å². The molecule has 1 unspecified atom stereocenters. The Labute approximate surface area is 182 Å². The average Bonchev–Trinajstić information content (AvgIpc) is 2.66. The van der Waals surface area contributed by atoms with Gasteiger partial charge >= 0.3 is 0 Å². The Morgan fingerprint density at radius 1 is 1.07 bits per heavy atom. The van der Waals surface area contributed by atoms with Gasteiger partial charge in [-0.15, -0.1) is 24.0 Å². The van der Waals surface area contributed by atoms with Crippen molar-refractivity contribution < 1.29 is 9.53 Å². The van der Waals surface area contributed by atoms with Crippen LogP contribution in [-0.4, -0.2) is 75.8 Å². The van der Waals surface area contributed by atoms with E-state index in [1.54, 1.807) is 7.05 Å². The predicted molar refractivity (Wildman–Crippen MR) is 123 cm³/mol. The van der Waals surface area contributed by atoms with Gasteiger partial charge in [0.2, 0.25) is 5.91 Å². The first-order chi connectivity index (χ1) is 12.5. The third kappa shape index (κ3) is 9.94. The van der Waals surface area contributed by atoms with Crippen LogP contribution in [0.25, 0.3) is 0 Å². The van der Waals surface area contributed by atoms with Gasteiger partial charge in [0.25, 0.3) is 0 Å². The molecule has 0 aromatic carbocycles. The molecule has 0 aromatic rings. The van der Waals surface area contributed by atoms with Gasteiger partial charge in [-0.3, -0.25) is 14.7 Å². The van der Waals surface area contributed by atoms with E-state index in [1.807, 2.05) is 13.8 Å². The summed E-state index contributed by atoms with van der Waals surface area (Å²) in [6, 6.07) is 0.480. The van der Waals surface area contributed by atoms with Crippen LogP contribution in [0.1, 0.15) is 40.5 Å². The first-order valence-electron chi connectivity index (χ1n) is 10.1. The number of nitrogens with zero attached hydrogens (tertiary/aromatic N) is 2. The molecule has 0 aliphatic carbocycles. The zero-order chi connectivity index (χ0) is 19.4. The summed E-state index contributed by atoms with van der Waals surface area (Å²) in [6.07, 6.45) is 2.35. The fraction of sp³-hybridized carbons (Fsp3) is 0.895. The van der Waals surface area contributed by atoms with E-state index >= 15 is 0 Å². The molecule has 7 nitrogen and oxygen atoms in total. The lowest BCUT2D eigenvalue weighted by molar-refractivity contribution is -0.123. The number of morpholine rings is 1. The van der Waals surface area contributed by atoms with Gasteiger partial charge in [-0.05, 0) is 5.92 Å². The van der Waals surface area contributed by atoms with E-state index in [4.69, 9.17) is 4.74 Å². The van der Waals surface area contributed by atoms with Crippen molar-refractivity contribution in [2.45, 2.75) is 46.6 Å². The molecule has 1 rings (SSSR count). The van der Waals surface area contributed by atoms with Crippen LogP contribution >= 0.6 is 24.0 Å². The van der Waals surface area contributed by atoms with Gasteiger partial charge in [0.15, 0.2) is 5.96 Å². The highest BCUT2D eigenvalue weighted by molar-refractivity contribution is 14.0. The fourth-order valence-corrected chi connectivity index (χ4v) is 3.33. The molecule has 1 amide bonds. The number of carbonyl (C=O) groups excluding carboxylic acids is 1. The van der Waals surface area contributed by atoms with Crippen LogP contribution < -0.4 is 16.0 Å². The van der Waals surface area contributed by atoms with Crippen LogP contribution in [0.2, 0.25) is 0 Å². The molecule has 0 bridgehead atoms. The molecule has 3 N–H and O–H groups in total. The minimum Gasteiger partial charge on any atom is -0.379 e. The summed E-state index contributed by atoms with van der Waals surface area (Å²) in [7, 11) is 1.78. The normalized spacial score (nSPS) is 16.8. The highest BCUT2D eigenvalue weighted by atomic mass is 127. The Morgan fingerprint density at radius 3 is 2.19 bits per heavy atom. The Morgan fingerprint density at radius 2 is 1.67 bits per heavy atom. The van der Waals surface area contributed by atoms with E-state index in [-0.39, 0.29) is 35.8 Å². The largest absolute Gasteiger partial charge is 0.379 e. The van der Waals surface area contributed by atoms with Crippen molar-refractivity contribution in [3.05, 3.63) is 0 Å². The zero-order valence-corrected chi connectivity index (χ0v) is 20.0. The third-order valence-corrected chi connectivity index (χ3v) is 5.05. The number of ether oxygens (including phenoxy) is 1. The maximum absolute atomic E-state index is 11.6. The predicted octanol–water partition coefficient (Wildman–Crippen LogP) is 1.68. The van der Waals surface area contributed by atoms with Crippen LogP contribution in [0, 0.1) is 11.8 Å². The molecule has 0 saturated carbocycles. The first-order valence-corrected chi connectivity index (χ1v) is 10.1. The first kappa shape index (κ1) is 26.4. The second-order valence-corrected chi connectivity index (χ2v) is 7.12. The molecule has 0 radical (unpaired) electrons. The van der Waals surface area contributed by atoms with Gasteiger partial charge in [-0.1, -0.05) is 40.5 Å². The molecule has 0 aromatic heterocycles. The average molecular weight is 497 g/mol. The molecule has 1 fully saturated rings. The number of halogens is 1. The molecule has 8 heteroatoms. The van der Waals surface area contributed by atoms with Gasteiger partial charge in [0.1, 0.15) is 0 Å². The molecule has 1 saturated heterocycles. The molecular formula is C19H40IN5O2. The monoisotopic (exact) mass is 497 g/mol. The summed E-state index contributed by atoms with van der Waals surface area (Å²) in [5.41, 5.74) is 0. The maximum Gasteiger partial charge on any atom is 0.222 e. The number of hydrogen-bond donors (Lipinski definition) is 3. The molecule has 1 atom stereocenters. The lowest BCUT2D eigenvalue weighted by Gasteiger charge is -2.39. The Bertz CT molecular complexity index is 424. The van der Waals surface area contributed by atoms with E-state index in [2.05, 4.69) is 39.7 Å². The lowest BCUT2D eigenvalue weighted by Crippen LogP contribution is -2.53. The summed E-state index contributed by atoms with van der Waals surface area (Å²) in [4.78, 5) is 18.4. The smallest absolute Gasteiger partial charge is 0.222 e. The van der Waals surface area contributed by atoms with Gasteiger partial charge in [-0.25, -0.2) is 0 Å². The Balaban J connectivity index is 0.00000676. The zero-order valence-electron chi connectivity index (χ0n) is 17.7. The van der Waals surface area contributed by atoms with Crippen LogP contribution in [0.5, 0.6) is 0 Å². The highest BCUT2D eigenvalue weighted by Gasteiger charge is 2.26. The van der Waals surface area contributed by atoms with Gasteiger partial charge in [0, 0.05) is 51.7 Å². The van der Waals surface area contributed by atoms with E-state index in [9.17, 15) is 4.79 Å². The number of amides is 1. The summed E-state index contributed by atoms with van der Waals surface area (Å²) in [5, 5.41) is 9.66. The molecular weight excluding hydrogens is 457 g/mol. The number of rotatable bonds is 10. The fourth-order valence-electron chi connectivity index (χ4n) is 3.33. The summed E-state index contributed by atoms with van der Waals surface area (Å²) in [6.45, 7) is 14.1. The lowest BCUT2D eigenvalue weighted by atomic mass is 9.92. The minimum atomic E-state index is 0. The Hall–Kier alpha value is -0.610. The van der Waals surface area contributed by atoms with Crippen LogP contribution in [0.4, 0.5) is 0 Å². The van der Waals surface area contributed by atoms with Crippen molar-refractivity contribution in [2.75, 3.05) is 53.0 Å². The number of guanidine groups is 1. The van der Waals surface area contributed by atoms with E-state index in [0.717, 1.165) is 38.8 Å². The second-order valence-electron chi connectivity index (χ2n) is 7.12. The molecule has 1 heterocycles. The number of hydrogen-bond acceptors (Lipinski definition) is 4. The van der Waals surface area contributed by atoms with Crippen molar-refractivity contribution in [3.8, 4) is 0 Å². The summed E-state index contributed by atoms with van der Waals surface area (Å²) >= 11 is 0. The van der Waals surface area contributed by atoms with Crippen LogP contribution in [0.15, 0.2) is 4.99 Å². The SMILES string of the molecule is CCC(CC)C(CNC(=NC)NCCNC(=O)C(C)C)N1CCOCC1.I. The van der Waals surface area contributed by atoms with Crippen molar-refractivity contribution in [3.63, 3.8) is 0 Å². The topological polar surface area (TPSA) is 78.0 Å². The quantitative estimate of drug-likeness (QED) is 0.185. The van der Waals surface area contributed by atoms with Gasteiger partial charge in [0.05, 0.1) is 13.2 Å². The number of nitrogens with one attached hydrogen (secondary N) is 3. The standard InChI is InChI=1S/C19H39N5O2.HI/c1-6-16(7-2)17(24-10-12-26-13-11-24)14-23-19(20-5)22-9-8-21-18(25)15(3)4;/h15-17H,6-14H2,1-5H3,(H,21,25)(H2,20,22,23);1H. The minimum absolute atomic E-state index is 0. The van der Waals surface area contributed by atoms with E-state index in [1.165, 1.54) is 12.8 Å². The summed E-state index contributed by atoms with van der Waals surface area (Å²) < 4.78 is 5.51. The third-order valence-electron chi connectivity index (χ3n) is 5.05. The maximum atomic E-state index is 11.6. The van der Waals surface area contributed by atoms with Crippen molar-refractivity contribution in [1.82, 2.24) is 20.9 Å². The summed E-state index contributed by atoms with van der Waals surface area (Å²) in [5.74, 6) is 1.54. The molecule has 0 spiro atoms. The number of aliphatic imine (C=N–C) groups is 1. The van der Waals surface area contributed by atoms with Crippen LogP contribution in [-0.2, 0) is 9.53 Å². The highest BCUT2D eigenvalue weighted by Crippen LogP contribution is 2.19. The molecule has 1 aliphatic heterocycles. The number of carbonyl (C=O) groups is 1. The van der Waals surface area contributed by atoms with Crippen molar-refractivity contribution >= 4 is 35.8 Å². The molecule has 160 valence electrons. The van der Waals surface area contributed by atoms with E-state index < -0.39 is 0 Å². The van der Waals surface area contributed by atoms with Crippen LogP contribution in [0.3, 0.4) is 0 Å². The molecule has 1 aliphatic rings. The Kier molecular flexibility index (Phi) is 15.0.